The van der Waals surface area contributed by atoms with E-state index in [1.807, 2.05) is 0 Å². The van der Waals surface area contributed by atoms with E-state index in [-0.39, 0.29) is 0 Å². The molecule has 0 spiro atoms. The van der Waals surface area contributed by atoms with Crippen molar-refractivity contribution in [3.63, 3.8) is 0 Å². The van der Waals surface area contributed by atoms with Gasteiger partial charge in [0, 0.05) is 10.2 Å². The zero-order valence-corrected chi connectivity index (χ0v) is 11.5. The number of hydrogen-bond donors (Lipinski definition) is 1. The van der Waals surface area contributed by atoms with Gasteiger partial charge in [0.25, 0.3) is 0 Å². The Morgan fingerprint density at radius 2 is 1.89 bits per heavy atom. The first-order valence-electron chi connectivity index (χ1n) is 5.02. The van der Waals surface area contributed by atoms with Gasteiger partial charge in [0.2, 0.25) is 0 Å². The average Bonchev–Trinajstić information content (AvgIpc) is 2.34. The molecule has 2 N–H and O–H groups in total. The van der Waals surface area contributed by atoms with Crippen molar-refractivity contribution in [2.24, 2.45) is 0 Å². The molecule has 0 aromatic heterocycles. The molecular formula is C13H8BrClN2O. The van der Waals surface area contributed by atoms with Gasteiger partial charge in [-0.15, -0.1) is 0 Å². The summed E-state index contributed by atoms with van der Waals surface area (Å²) in [5.74, 6) is 0.914. The van der Waals surface area contributed by atoms with E-state index in [0.29, 0.717) is 27.8 Å². The Bertz CT molecular complexity index is 637. The van der Waals surface area contributed by atoms with Gasteiger partial charge in [-0.3, -0.25) is 0 Å². The molecule has 0 saturated carbocycles. The molecule has 0 bridgehead atoms. The smallest absolute Gasteiger partial charge is 0.146 e. The van der Waals surface area contributed by atoms with E-state index in [2.05, 4.69) is 22.0 Å². The number of benzene rings is 2. The fourth-order valence-corrected chi connectivity index (χ4v) is 1.99. The first-order chi connectivity index (χ1) is 8.60. The molecular weight excluding hydrogens is 316 g/mol. The number of rotatable bonds is 2. The second-order valence-corrected chi connectivity index (χ2v) is 4.87. The van der Waals surface area contributed by atoms with E-state index < -0.39 is 0 Å². The highest BCUT2D eigenvalue weighted by molar-refractivity contribution is 9.10. The Morgan fingerprint density at radius 1 is 1.17 bits per heavy atom. The topological polar surface area (TPSA) is 59.0 Å². The van der Waals surface area contributed by atoms with E-state index in [0.717, 1.165) is 4.47 Å². The number of ether oxygens (including phenoxy) is 1. The molecule has 0 heterocycles. The van der Waals surface area contributed by atoms with Crippen LogP contribution < -0.4 is 10.5 Å². The average molecular weight is 324 g/mol. The van der Waals surface area contributed by atoms with Crippen molar-refractivity contribution in [1.82, 2.24) is 0 Å². The molecule has 2 aromatic rings. The Morgan fingerprint density at radius 3 is 2.56 bits per heavy atom. The van der Waals surface area contributed by atoms with Gasteiger partial charge in [0.05, 0.1) is 10.6 Å². The van der Waals surface area contributed by atoms with E-state index in [1.54, 1.807) is 36.4 Å². The van der Waals surface area contributed by atoms with Crippen molar-refractivity contribution in [3.8, 4) is 17.6 Å². The van der Waals surface area contributed by atoms with Crippen LogP contribution in [0.1, 0.15) is 5.56 Å². The Kier molecular flexibility index (Phi) is 3.75. The zero-order valence-electron chi connectivity index (χ0n) is 9.15. The van der Waals surface area contributed by atoms with Gasteiger partial charge in [-0.1, -0.05) is 27.5 Å². The summed E-state index contributed by atoms with van der Waals surface area (Å²) in [5, 5.41) is 9.43. The number of nitrogen functional groups attached to an aromatic ring is 1. The molecule has 0 atom stereocenters. The van der Waals surface area contributed by atoms with E-state index in [9.17, 15) is 0 Å². The highest BCUT2D eigenvalue weighted by Gasteiger charge is 2.08. The van der Waals surface area contributed by atoms with E-state index >= 15 is 0 Å². The molecule has 0 radical (unpaired) electrons. The van der Waals surface area contributed by atoms with Crippen LogP contribution in [0.4, 0.5) is 5.69 Å². The molecule has 0 aliphatic heterocycles. The second kappa shape index (κ2) is 5.30. The van der Waals surface area contributed by atoms with Crippen LogP contribution >= 0.6 is 27.5 Å². The number of halogens is 2. The summed E-state index contributed by atoms with van der Waals surface area (Å²) in [4.78, 5) is 0. The number of anilines is 1. The van der Waals surface area contributed by atoms with Crippen molar-refractivity contribution in [1.29, 1.82) is 5.26 Å². The van der Waals surface area contributed by atoms with Crippen molar-refractivity contribution in [2.75, 3.05) is 5.73 Å². The third kappa shape index (κ3) is 2.76. The first kappa shape index (κ1) is 12.7. The highest BCUT2D eigenvalue weighted by atomic mass is 79.9. The van der Waals surface area contributed by atoms with Gasteiger partial charge in [-0.05, 0) is 36.4 Å². The lowest BCUT2D eigenvalue weighted by Crippen LogP contribution is -1.91. The molecule has 18 heavy (non-hydrogen) atoms. The van der Waals surface area contributed by atoms with Gasteiger partial charge in [-0.2, -0.15) is 5.26 Å². The largest absolute Gasteiger partial charge is 0.454 e. The summed E-state index contributed by atoms with van der Waals surface area (Å²) in [6, 6.07) is 12.2. The van der Waals surface area contributed by atoms with Crippen LogP contribution in [0.25, 0.3) is 0 Å². The summed E-state index contributed by atoms with van der Waals surface area (Å²) >= 11 is 9.31. The minimum absolute atomic E-state index is 0.404. The van der Waals surface area contributed by atoms with Crippen LogP contribution in [-0.4, -0.2) is 0 Å². The van der Waals surface area contributed by atoms with Crippen molar-refractivity contribution < 1.29 is 4.74 Å². The van der Waals surface area contributed by atoms with Gasteiger partial charge >= 0.3 is 0 Å². The molecule has 2 aromatic carbocycles. The fraction of sp³-hybridized carbons (Fsp3) is 0. The predicted octanol–water partition coefficient (Wildman–Crippen LogP) is 4.35. The lowest BCUT2D eigenvalue weighted by molar-refractivity contribution is 0.481. The SMILES string of the molecule is N#Cc1cc(Br)ccc1Oc1ccc(N)cc1Cl. The first-order valence-corrected chi connectivity index (χ1v) is 6.20. The summed E-state index contributed by atoms with van der Waals surface area (Å²) in [5.41, 5.74) is 6.59. The minimum atomic E-state index is 0.404. The van der Waals surface area contributed by atoms with Crippen molar-refractivity contribution in [3.05, 3.63) is 51.5 Å². The normalized spacial score (nSPS) is 9.83. The van der Waals surface area contributed by atoms with Gasteiger partial charge in [-0.25, -0.2) is 0 Å². The Balaban J connectivity index is 2.37. The maximum atomic E-state index is 9.03. The summed E-state index contributed by atoms with van der Waals surface area (Å²) in [6.45, 7) is 0. The standard InChI is InChI=1S/C13H8BrClN2O/c14-9-1-3-12(8(5-9)7-16)18-13-4-2-10(17)6-11(13)15/h1-6H,17H2. The van der Waals surface area contributed by atoms with Crippen LogP contribution in [-0.2, 0) is 0 Å². The molecule has 0 aliphatic carbocycles. The summed E-state index contributed by atoms with van der Waals surface area (Å²) in [6.07, 6.45) is 0. The molecule has 0 amide bonds. The Labute approximate surface area is 118 Å². The van der Waals surface area contributed by atoms with Crippen molar-refractivity contribution in [2.45, 2.75) is 0 Å². The van der Waals surface area contributed by atoms with Crippen LogP contribution in [0.2, 0.25) is 5.02 Å². The number of nitrogens with two attached hydrogens (primary N) is 1. The van der Waals surface area contributed by atoms with E-state index in [1.165, 1.54) is 0 Å². The minimum Gasteiger partial charge on any atom is -0.454 e. The van der Waals surface area contributed by atoms with Crippen LogP contribution in [0, 0.1) is 11.3 Å². The molecule has 0 fully saturated rings. The lowest BCUT2D eigenvalue weighted by Gasteiger charge is -2.09. The fourth-order valence-electron chi connectivity index (χ4n) is 1.40. The zero-order chi connectivity index (χ0) is 13.1. The maximum Gasteiger partial charge on any atom is 0.146 e. The molecule has 0 aliphatic rings. The third-order valence-electron chi connectivity index (χ3n) is 2.24. The summed E-state index contributed by atoms with van der Waals surface area (Å²) in [7, 11) is 0. The molecule has 5 heteroatoms. The van der Waals surface area contributed by atoms with Crippen LogP contribution in [0.15, 0.2) is 40.9 Å². The monoisotopic (exact) mass is 322 g/mol. The molecule has 2 rings (SSSR count). The quantitative estimate of drug-likeness (QED) is 0.836. The lowest BCUT2D eigenvalue weighted by atomic mass is 10.2. The molecule has 0 saturated heterocycles. The molecule has 90 valence electrons. The van der Waals surface area contributed by atoms with Gasteiger partial charge < -0.3 is 10.5 Å². The van der Waals surface area contributed by atoms with Crippen molar-refractivity contribution >= 4 is 33.2 Å². The van der Waals surface area contributed by atoms with Gasteiger partial charge in [0.15, 0.2) is 0 Å². The highest BCUT2D eigenvalue weighted by Crippen LogP contribution is 2.33. The molecule has 3 nitrogen and oxygen atoms in total. The second-order valence-electron chi connectivity index (χ2n) is 3.54. The number of nitriles is 1. The maximum absolute atomic E-state index is 9.03. The van der Waals surface area contributed by atoms with Gasteiger partial charge in [0.1, 0.15) is 17.6 Å². The number of hydrogen-bond acceptors (Lipinski definition) is 3. The summed E-state index contributed by atoms with van der Waals surface area (Å²) < 4.78 is 6.42. The van der Waals surface area contributed by atoms with Crippen LogP contribution in [0.3, 0.4) is 0 Å². The van der Waals surface area contributed by atoms with E-state index in [4.69, 9.17) is 27.3 Å². The van der Waals surface area contributed by atoms with Crippen LogP contribution in [0.5, 0.6) is 11.5 Å². The molecule has 0 unspecified atom stereocenters. The number of nitrogens with zero attached hydrogens (tertiary/aromatic N) is 1. The third-order valence-corrected chi connectivity index (χ3v) is 3.03. The predicted molar refractivity (Wildman–Crippen MR) is 74.8 cm³/mol. The Hall–Kier alpha value is -1.70.